The number of amides is 1. The van der Waals surface area contributed by atoms with Gasteiger partial charge in [0.15, 0.2) is 0 Å². The molecule has 0 saturated carbocycles. The van der Waals surface area contributed by atoms with Gasteiger partial charge < -0.3 is 15.2 Å². The van der Waals surface area contributed by atoms with Crippen molar-refractivity contribution in [2.24, 2.45) is 5.73 Å². The summed E-state index contributed by atoms with van der Waals surface area (Å²) in [7, 11) is -3.80. The van der Waals surface area contributed by atoms with Gasteiger partial charge in [-0.25, -0.2) is 0 Å². The summed E-state index contributed by atoms with van der Waals surface area (Å²) in [6.45, 7) is 3.47. The lowest BCUT2D eigenvalue weighted by Gasteiger charge is -2.14. The summed E-state index contributed by atoms with van der Waals surface area (Å²) in [5, 5.41) is 0. The Bertz CT molecular complexity index is 206. The Hall–Kier alpha value is -0.380. The predicted molar refractivity (Wildman–Crippen MR) is 44.7 cm³/mol. The first-order valence-electron chi connectivity index (χ1n) is 3.66. The standard InChI is InChI=1S/C6H14NO4P/c1-3-5(2)11-12(9,10)4-6(7)8/h5H,3-4H2,1-2H3,(H2,7,8)(H,9,10). The zero-order chi connectivity index (χ0) is 9.78. The molecular formula is C6H14NO4P. The molecular weight excluding hydrogens is 181 g/mol. The van der Waals surface area contributed by atoms with E-state index in [9.17, 15) is 9.36 Å². The van der Waals surface area contributed by atoms with Gasteiger partial charge in [0.05, 0.1) is 6.10 Å². The third-order valence-corrected chi connectivity index (χ3v) is 2.68. The van der Waals surface area contributed by atoms with E-state index in [1.165, 1.54) is 0 Å². The maximum absolute atomic E-state index is 11.0. The van der Waals surface area contributed by atoms with Crippen LogP contribution < -0.4 is 5.73 Å². The van der Waals surface area contributed by atoms with E-state index < -0.39 is 19.7 Å². The van der Waals surface area contributed by atoms with E-state index in [0.717, 1.165) is 0 Å². The van der Waals surface area contributed by atoms with Gasteiger partial charge in [0.25, 0.3) is 0 Å². The third kappa shape index (κ3) is 5.29. The first kappa shape index (κ1) is 11.6. The third-order valence-electron chi connectivity index (χ3n) is 1.28. The van der Waals surface area contributed by atoms with Crippen LogP contribution in [0.5, 0.6) is 0 Å². The van der Waals surface area contributed by atoms with Crippen molar-refractivity contribution in [2.45, 2.75) is 26.4 Å². The highest BCUT2D eigenvalue weighted by Gasteiger charge is 2.24. The van der Waals surface area contributed by atoms with Gasteiger partial charge in [-0.2, -0.15) is 0 Å². The molecule has 0 heterocycles. The van der Waals surface area contributed by atoms with Crippen LogP contribution >= 0.6 is 7.60 Å². The SMILES string of the molecule is CCC(C)OP(=O)(O)CC(N)=O. The zero-order valence-corrected chi connectivity index (χ0v) is 8.08. The molecule has 72 valence electrons. The Morgan fingerprint density at radius 1 is 1.75 bits per heavy atom. The van der Waals surface area contributed by atoms with Crippen LogP contribution in [0.4, 0.5) is 0 Å². The second-order valence-electron chi connectivity index (χ2n) is 2.59. The van der Waals surface area contributed by atoms with Gasteiger partial charge in [0.2, 0.25) is 5.91 Å². The quantitative estimate of drug-likeness (QED) is 0.624. The Morgan fingerprint density at radius 2 is 2.25 bits per heavy atom. The van der Waals surface area contributed by atoms with Crippen LogP contribution in [0.15, 0.2) is 0 Å². The summed E-state index contributed by atoms with van der Waals surface area (Å²) in [4.78, 5) is 19.3. The van der Waals surface area contributed by atoms with Crippen molar-refractivity contribution in [3.63, 3.8) is 0 Å². The Kier molecular flexibility index (Phi) is 4.45. The highest BCUT2D eigenvalue weighted by Crippen LogP contribution is 2.42. The average Bonchev–Trinajstić information content (AvgIpc) is 1.83. The van der Waals surface area contributed by atoms with Gasteiger partial charge >= 0.3 is 7.60 Å². The number of hydrogen-bond donors (Lipinski definition) is 2. The van der Waals surface area contributed by atoms with Gasteiger partial charge in [-0.3, -0.25) is 9.36 Å². The van der Waals surface area contributed by atoms with Gasteiger partial charge in [0.1, 0.15) is 6.16 Å². The number of primary amides is 1. The molecule has 0 aromatic carbocycles. The summed E-state index contributed by atoms with van der Waals surface area (Å²) in [5.41, 5.74) is 4.74. The minimum atomic E-state index is -3.80. The molecule has 0 rings (SSSR count). The molecule has 0 aromatic heterocycles. The Labute approximate surface area is 71.4 Å². The lowest BCUT2D eigenvalue weighted by atomic mass is 10.3. The van der Waals surface area contributed by atoms with Crippen molar-refractivity contribution < 1.29 is 18.8 Å². The van der Waals surface area contributed by atoms with Crippen molar-refractivity contribution in [1.29, 1.82) is 0 Å². The molecule has 0 bridgehead atoms. The van der Waals surface area contributed by atoms with Gasteiger partial charge in [-0.05, 0) is 13.3 Å². The molecule has 0 aliphatic rings. The molecule has 1 amide bonds. The van der Waals surface area contributed by atoms with Crippen molar-refractivity contribution in [3.05, 3.63) is 0 Å². The molecule has 0 aliphatic heterocycles. The molecule has 0 fully saturated rings. The van der Waals surface area contributed by atoms with Crippen LogP contribution in [0.25, 0.3) is 0 Å². The second-order valence-corrected chi connectivity index (χ2v) is 4.39. The van der Waals surface area contributed by atoms with Crippen LogP contribution in [0.3, 0.4) is 0 Å². The van der Waals surface area contributed by atoms with E-state index in [4.69, 9.17) is 15.2 Å². The lowest BCUT2D eigenvalue weighted by Crippen LogP contribution is -2.18. The van der Waals surface area contributed by atoms with Crippen LogP contribution in [0.1, 0.15) is 20.3 Å². The van der Waals surface area contributed by atoms with Crippen molar-refractivity contribution in [3.8, 4) is 0 Å². The minimum Gasteiger partial charge on any atom is -0.369 e. The fourth-order valence-corrected chi connectivity index (χ4v) is 1.77. The van der Waals surface area contributed by atoms with Crippen LogP contribution in [-0.4, -0.2) is 23.1 Å². The first-order valence-corrected chi connectivity index (χ1v) is 5.42. The van der Waals surface area contributed by atoms with Crippen molar-refractivity contribution >= 4 is 13.5 Å². The summed E-state index contributed by atoms with van der Waals surface area (Å²) in [6, 6.07) is 0. The van der Waals surface area contributed by atoms with E-state index in [1.807, 2.05) is 6.92 Å². The topological polar surface area (TPSA) is 89.6 Å². The molecule has 0 spiro atoms. The summed E-state index contributed by atoms with van der Waals surface area (Å²) in [5.74, 6) is -0.830. The minimum absolute atomic E-state index is 0.333. The van der Waals surface area contributed by atoms with E-state index in [0.29, 0.717) is 6.42 Å². The molecule has 2 atom stereocenters. The highest BCUT2D eigenvalue weighted by molar-refractivity contribution is 7.53. The van der Waals surface area contributed by atoms with Gasteiger partial charge in [-0.15, -0.1) is 0 Å². The highest BCUT2D eigenvalue weighted by atomic mass is 31.2. The van der Waals surface area contributed by atoms with E-state index in [2.05, 4.69) is 0 Å². The van der Waals surface area contributed by atoms with Gasteiger partial charge in [-0.1, -0.05) is 6.92 Å². The molecule has 12 heavy (non-hydrogen) atoms. The molecule has 3 N–H and O–H groups in total. The fourth-order valence-electron chi connectivity index (χ4n) is 0.590. The molecule has 0 aliphatic carbocycles. The predicted octanol–water partition coefficient (Wildman–Crippen LogP) is 0.472. The molecule has 6 heteroatoms. The molecule has 2 unspecified atom stereocenters. The zero-order valence-electron chi connectivity index (χ0n) is 7.19. The van der Waals surface area contributed by atoms with E-state index in [-0.39, 0.29) is 6.10 Å². The van der Waals surface area contributed by atoms with E-state index >= 15 is 0 Å². The summed E-state index contributed by atoms with van der Waals surface area (Å²) >= 11 is 0. The first-order chi connectivity index (χ1) is 5.37. The molecule has 5 nitrogen and oxygen atoms in total. The smallest absolute Gasteiger partial charge is 0.337 e. The normalized spacial score (nSPS) is 18.2. The average molecular weight is 195 g/mol. The Balaban J connectivity index is 4.04. The maximum Gasteiger partial charge on any atom is 0.337 e. The number of hydrogen-bond acceptors (Lipinski definition) is 3. The largest absolute Gasteiger partial charge is 0.369 e. The number of rotatable bonds is 5. The van der Waals surface area contributed by atoms with Crippen LogP contribution in [-0.2, 0) is 13.9 Å². The molecule has 0 saturated heterocycles. The second kappa shape index (κ2) is 4.60. The van der Waals surface area contributed by atoms with Crippen molar-refractivity contribution in [2.75, 3.05) is 6.16 Å². The number of carbonyl (C=O) groups is 1. The molecule has 0 aromatic rings. The number of carbonyl (C=O) groups excluding carboxylic acids is 1. The van der Waals surface area contributed by atoms with Crippen molar-refractivity contribution in [1.82, 2.24) is 0 Å². The Morgan fingerprint density at radius 3 is 2.58 bits per heavy atom. The fraction of sp³-hybridized carbons (Fsp3) is 0.833. The summed E-state index contributed by atoms with van der Waals surface area (Å²) in [6.07, 6.45) is -0.333. The lowest BCUT2D eigenvalue weighted by molar-refractivity contribution is -0.115. The molecule has 0 radical (unpaired) electrons. The van der Waals surface area contributed by atoms with E-state index in [1.54, 1.807) is 6.92 Å². The maximum atomic E-state index is 11.0. The summed E-state index contributed by atoms with van der Waals surface area (Å²) < 4.78 is 15.7. The van der Waals surface area contributed by atoms with Gasteiger partial charge in [0, 0.05) is 0 Å². The number of nitrogens with two attached hydrogens (primary N) is 1. The van der Waals surface area contributed by atoms with Crippen LogP contribution in [0, 0.1) is 0 Å². The monoisotopic (exact) mass is 195 g/mol. The van der Waals surface area contributed by atoms with Crippen LogP contribution in [0.2, 0.25) is 0 Å².